The molecule has 0 heterocycles. The molecule has 386 valence electrons. The summed E-state index contributed by atoms with van der Waals surface area (Å²) < 4.78 is 39.3. The molecule has 3 atom stereocenters. The van der Waals surface area contributed by atoms with Gasteiger partial charge in [0.1, 0.15) is 12.7 Å². The second-order valence-corrected chi connectivity index (χ2v) is 19.5. The topological polar surface area (TPSA) is 155 Å². The first-order valence-corrected chi connectivity index (χ1v) is 28.4. The largest absolute Gasteiger partial charge is 0.472 e. The minimum Gasteiger partial charge on any atom is -0.462 e. The van der Waals surface area contributed by atoms with E-state index in [0.717, 1.165) is 89.9 Å². The number of ether oxygens (including phenoxy) is 3. The number of hydrogen-bond donors (Lipinski definition) is 2. The zero-order valence-corrected chi connectivity index (χ0v) is 43.3. The van der Waals surface area contributed by atoms with Crippen molar-refractivity contribution in [2.45, 2.75) is 264 Å². The van der Waals surface area contributed by atoms with Crippen LogP contribution >= 0.6 is 7.82 Å². The van der Waals surface area contributed by atoms with E-state index in [2.05, 4.69) is 57.2 Å². The second-order valence-electron chi connectivity index (χ2n) is 18.1. The molecular weight excluding hydrogens is 856 g/mol. The van der Waals surface area contributed by atoms with Gasteiger partial charge in [-0.05, 0) is 57.8 Å². The molecule has 0 aromatic rings. The molecule has 3 unspecified atom stereocenters. The van der Waals surface area contributed by atoms with Gasteiger partial charge in [-0.1, -0.05) is 211 Å². The van der Waals surface area contributed by atoms with Crippen LogP contribution in [0.5, 0.6) is 0 Å². The maximum atomic E-state index is 12.8. The van der Waals surface area contributed by atoms with Crippen LogP contribution in [0.1, 0.15) is 252 Å². The molecule has 0 rings (SSSR count). The molecule has 11 nitrogen and oxygen atoms in total. The summed E-state index contributed by atoms with van der Waals surface area (Å²) in [6, 6.07) is 0. The number of aliphatic hydroxyl groups excluding tert-OH is 1. The first-order chi connectivity index (χ1) is 32.2. The van der Waals surface area contributed by atoms with Crippen LogP contribution in [0.2, 0.25) is 0 Å². The molecule has 66 heavy (non-hydrogen) atoms. The fraction of sp³-hybridized carbons (Fsp3) is 0.833. The number of allylic oxidation sites excluding steroid dienone is 6. The van der Waals surface area contributed by atoms with Crippen molar-refractivity contribution in [2.75, 3.05) is 26.4 Å². The van der Waals surface area contributed by atoms with E-state index >= 15 is 0 Å². The lowest BCUT2D eigenvalue weighted by Crippen LogP contribution is -2.30. The number of unbranched alkanes of at least 4 members (excludes halogenated alkanes) is 27. The number of carbonyl (C=O) groups excluding carboxylic acids is 3. The van der Waals surface area contributed by atoms with Gasteiger partial charge >= 0.3 is 25.7 Å². The van der Waals surface area contributed by atoms with Crippen molar-refractivity contribution >= 4 is 25.7 Å². The van der Waals surface area contributed by atoms with E-state index in [-0.39, 0.29) is 25.9 Å². The van der Waals surface area contributed by atoms with Crippen molar-refractivity contribution in [1.82, 2.24) is 0 Å². The lowest BCUT2D eigenvalue weighted by molar-refractivity contribution is -0.161. The Labute approximate surface area is 403 Å². The number of rotatable bonds is 50. The average Bonchev–Trinajstić information content (AvgIpc) is 3.30. The summed E-state index contributed by atoms with van der Waals surface area (Å²) in [6.07, 6.45) is 48.3. The molecule has 0 bridgehead atoms. The molecule has 0 aliphatic rings. The first kappa shape index (κ1) is 63.7. The quantitative estimate of drug-likeness (QED) is 0.0197. The predicted octanol–water partition coefficient (Wildman–Crippen LogP) is 15.3. The molecule has 0 aromatic carbocycles. The molecule has 0 fully saturated rings. The van der Waals surface area contributed by atoms with Crippen LogP contribution in [0.4, 0.5) is 0 Å². The average molecular weight is 955 g/mol. The van der Waals surface area contributed by atoms with Gasteiger partial charge in [-0.25, -0.2) is 4.57 Å². The summed E-state index contributed by atoms with van der Waals surface area (Å²) in [7, 11) is -4.73. The fourth-order valence-electron chi connectivity index (χ4n) is 7.42. The van der Waals surface area contributed by atoms with Crippen molar-refractivity contribution in [3.63, 3.8) is 0 Å². The maximum Gasteiger partial charge on any atom is 0.472 e. The van der Waals surface area contributed by atoms with Crippen LogP contribution < -0.4 is 0 Å². The monoisotopic (exact) mass is 955 g/mol. The maximum absolute atomic E-state index is 12.8. The van der Waals surface area contributed by atoms with Gasteiger partial charge < -0.3 is 24.2 Å². The summed E-state index contributed by atoms with van der Waals surface area (Å²) in [4.78, 5) is 48.2. The zero-order valence-electron chi connectivity index (χ0n) is 42.4. The highest BCUT2D eigenvalue weighted by Gasteiger charge is 2.28. The third-order valence-corrected chi connectivity index (χ3v) is 12.5. The van der Waals surface area contributed by atoms with Gasteiger partial charge in [-0.3, -0.25) is 23.4 Å². The van der Waals surface area contributed by atoms with Crippen LogP contribution in [-0.2, 0) is 42.2 Å². The Morgan fingerprint density at radius 3 is 1.17 bits per heavy atom. The van der Waals surface area contributed by atoms with Crippen LogP contribution in [0.3, 0.4) is 0 Å². The van der Waals surface area contributed by atoms with Crippen LogP contribution in [-0.4, -0.2) is 66.5 Å². The molecule has 0 saturated carbocycles. The van der Waals surface area contributed by atoms with E-state index in [9.17, 15) is 28.9 Å². The summed E-state index contributed by atoms with van der Waals surface area (Å²) in [6.45, 7) is 4.58. The molecule has 0 aliphatic heterocycles. The summed E-state index contributed by atoms with van der Waals surface area (Å²) in [5.74, 6) is -1.47. The standard InChI is InChI=1S/C54H99O11P/c1-4-7-10-13-16-19-21-22-23-24-25-26-27-28-30-33-36-39-42-45-54(58)65-51(47-61-52(56)43-40-37-34-32-29-20-17-14-11-8-5-2)49-63-66(59,60)62-48-50(46-55)64-53(57)44-41-38-35-31-18-15-12-9-6-3/h16,19,22-23,25-26,50-51,55H,4-15,17-18,20-21,24,27-49H2,1-3H3,(H,59,60)/b19-16-,23-22-,26-25-. The van der Waals surface area contributed by atoms with E-state index in [1.807, 2.05) is 0 Å². The van der Waals surface area contributed by atoms with Gasteiger partial charge in [0.2, 0.25) is 0 Å². The van der Waals surface area contributed by atoms with Gasteiger partial charge in [-0.15, -0.1) is 0 Å². The predicted molar refractivity (Wildman–Crippen MR) is 270 cm³/mol. The number of phosphoric ester groups is 1. The van der Waals surface area contributed by atoms with Crippen molar-refractivity contribution in [2.24, 2.45) is 0 Å². The van der Waals surface area contributed by atoms with Crippen molar-refractivity contribution in [3.05, 3.63) is 36.5 Å². The Balaban J connectivity index is 4.71. The van der Waals surface area contributed by atoms with Crippen LogP contribution in [0.25, 0.3) is 0 Å². The van der Waals surface area contributed by atoms with Crippen molar-refractivity contribution in [1.29, 1.82) is 0 Å². The van der Waals surface area contributed by atoms with Crippen LogP contribution in [0.15, 0.2) is 36.5 Å². The first-order valence-electron chi connectivity index (χ1n) is 26.9. The lowest BCUT2D eigenvalue weighted by atomic mass is 10.1. The van der Waals surface area contributed by atoms with Gasteiger partial charge in [-0.2, -0.15) is 0 Å². The molecular formula is C54H99O11P. The highest BCUT2D eigenvalue weighted by Crippen LogP contribution is 2.43. The van der Waals surface area contributed by atoms with Gasteiger partial charge in [0.05, 0.1) is 19.8 Å². The Kier molecular flexibility index (Phi) is 47.4. The molecule has 0 radical (unpaired) electrons. The SMILES string of the molecule is CCCCC/C=C\C/C=C\C/C=C\CCCCCCCCC(=O)OC(COC(=O)CCCCCCCCCCCCC)COP(=O)(O)OCC(CO)OC(=O)CCCCCCCCCCC. The summed E-state index contributed by atoms with van der Waals surface area (Å²) >= 11 is 0. The Bertz CT molecular complexity index is 1250. The molecule has 0 saturated heterocycles. The molecule has 0 aliphatic carbocycles. The lowest BCUT2D eigenvalue weighted by Gasteiger charge is -2.21. The Hall–Kier alpha value is -2.30. The van der Waals surface area contributed by atoms with E-state index in [4.69, 9.17) is 23.3 Å². The highest BCUT2D eigenvalue weighted by atomic mass is 31.2. The summed E-state index contributed by atoms with van der Waals surface area (Å²) in [5, 5.41) is 9.74. The second kappa shape index (κ2) is 49.1. The summed E-state index contributed by atoms with van der Waals surface area (Å²) in [5.41, 5.74) is 0. The molecule has 12 heteroatoms. The molecule has 0 amide bonds. The van der Waals surface area contributed by atoms with Gasteiger partial charge in [0.15, 0.2) is 6.10 Å². The smallest absolute Gasteiger partial charge is 0.462 e. The Morgan fingerprint density at radius 1 is 0.424 bits per heavy atom. The minimum absolute atomic E-state index is 0.157. The zero-order chi connectivity index (χ0) is 48.4. The number of phosphoric acid groups is 1. The molecule has 0 aromatic heterocycles. The normalized spacial score (nSPS) is 13.7. The van der Waals surface area contributed by atoms with Crippen molar-refractivity contribution in [3.8, 4) is 0 Å². The van der Waals surface area contributed by atoms with E-state index in [1.54, 1.807) is 0 Å². The van der Waals surface area contributed by atoms with Gasteiger partial charge in [0, 0.05) is 19.3 Å². The van der Waals surface area contributed by atoms with E-state index in [1.165, 1.54) is 103 Å². The van der Waals surface area contributed by atoms with Gasteiger partial charge in [0.25, 0.3) is 0 Å². The molecule has 2 N–H and O–H groups in total. The van der Waals surface area contributed by atoms with Crippen LogP contribution in [0, 0.1) is 0 Å². The van der Waals surface area contributed by atoms with Crippen molar-refractivity contribution < 1.29 is 52.2 Å². The third-order valence-electron chi connectivity index (χ3n) is 11.6. The number of esters is 3. The Morgan fingerprint density at radius 2 is 0.742 bits per heavy atom. The number of carbonyl (C=O) groups is 3. The van der Waals surface area contributed by atoms with E-state index in [0.29, 0.717) is 19.3 Å². The highest BCUT2D eigenvalue weighted by molar-refractivity contribution is 7.47. The minimum atomic E-state index is -4.73. The third kappa shape index (κ3) is 46.8. The molecule has 0 spiro atoms. The number of aliphatic hydroxyl groups is 1. The van der Waals surface area contributed by atoms with E-state index < -0.39 is 57.8 Å². The number of hydrogen-bond acceptors (Lipinski definition) is 10. The fourth-order valence-corrected chi connectivity index (χ4v) is 8.21.